The molecule has 0 radical (unpaired) electrons. The Kier molecular flexibility index (Phi) is 16.1. The maximum atomic E-state index is 11.5. The van der Waals surface area contributed by atoms with E-state index in [1.807, 2.05) is 32.9 Å². The van der Waals surface area contributed by atoms with Crippen molar-refractivity contribution in [3.05, 3.63) is 35.9 Å². The average molecular weight is 573 g/mol. The summed E-state index contributed by atoms with van der Waals surface area (Å²) in [5.41, 5.74) is 2.39. The first kappa shape index (κ1) is 38.0. The molecule has 0 bridgehead atoms. The fourth-order valence-corrected chi connectivity index (χ4v) is 4.80. The van der Waals surface area contributed by atoms with Crippen LogP contribution in [-0.4, -0.2) is 61.2 Å². The third kappa shape index (κ3) is 10.1. The van der Waals surface area contributed by atoms with Gasteiger partial charge < -0.3 is 9.11 Å². The Morgan fingerprint density at radius 3 is 2.03 bits per heavy atom. The number of hydrogen-bond acceptors (Lipinski definition) is 9. The molecule has 0 spiro atoms. The zero-order valence-corrected chi connectivity index (χ0v) is 28.9. The Labute approximate surface area is 273 Å². The van der Waals surface area contributed by atoms with Crippen molar-refractivity contribution >= 4 is 53.0 Å². The van der Waals surface area contributed by atoms with Crippen LogP contribution in [0.3, 0.4) is 0 Å². The second-order valence-electron chi connectivity index (χ2n) is 7.75. The maximum absolute atomic E-state index is 11.5. The van der Waals surface area contributed by atoms with Gasteiger partial charge in [-0.05, 0) is 31.2 Å². The molecule has 35 heavy (non-hydrogen) atoms. The van der Waals surface area contributed by atoms with Crippen molar-refractivity contribution in [2.24, 2.45) is 0 Å². The van der Waals surface area contributed by atoms with Crippen molar-refractivity contribution in [3.63, 3.8) is 0 Å². The Bertz CT molecular complexity index is 1410. The van der Waals surface area contributed by atoms with Gasteiger partial charge in [-0.15, -0.1) is 42.3 Å². The zero-order chi connectivity index (χ0) is 24.5. The molecular weight excluding hydrogens is 551 g/mol. The molecule has 16 heteroatoms. The SMILES string of the molecule is CC1=[N+](CCCCS(=O)(=O)[O-])c2ccc3[c-]cc(S(=O)(=O)[O-])cc3c2C1(C)C.O=S(=O)=O.[Na+].[Na+].[Na+]. The van der Waals surface area contributed by atoms with E-state index in [2.05, 4.69) is 10.6 Å². The molecule has 0 unspecified atom stereocenters. The summed E-state index contributed by atoms with van der Waals surface area (Å²) in [5.74, 6) is -0.395. The van der Waals surface area contributed by atoms with Crippen LogP contribution in [0.4, 0.5) is 5.69 Å². The van der Waals surface area contributed by atoms with Crippen LogP contribution in [0.15, 0.2) is 29.2 Å². The van der Waals surface area contributed by atoms with Gasteiger partial charge in [0.05, 0.1) is 25.7 Å². The smallest absolute Gasteiger partial charge is 0.752 e. The molecule has 0 aliphatic carbocycles. The molecule has 0 atom stereocenters. The van der Waals surface area contributed by atoms with E-state index in [4.69, 9.17) is 12.6 Å². The van der Waals surface area contributed by atoms with E-state index in [9.17, 15) is 25.9 Å². The topological polar surface area (TPSA) is 169 Å². The van der Waals surface area contributed by atoms with Gasteiger partial charge in [0.1, 0.15) is 6.54 Å². The predicted molar refractivity (Wildman–Crippen MR) is 113 cm³/mol. The molecule has 1 aliphatic rings. The van der Waals surface area contributed by atoms with Crippen molar-refractivity contribution in [2.75, 3.05) is 12.3 Å². The van der Waals surface area contributed by atoms with Crippen LogP contribution in [0.2, 0.25) is 0 Å². The van der Waals surface area contributed by atoms with Crippen LogP contribution in [0.25, 0.3) is 10.8 Å². The number of benzene rings is 2. The minimum Gasteiger partial charge on any atom is -0.752 e. The van der Waals surface area contributed by atoms with Gasteiger partial charge in [-0.1, -0.05) is 5.39 Å². The first-order chi connectivity index (χ1) is 14.6. The third-order valence-electron chi connectivity index (χ3n) is 5.42. The molecule has 0 amide bonds. The van der Waals surface area contributed by atoms with E-state index >= 15 is 0 Å². The van der Waals surface area contributed by atoms with Crippen molar-refractivity contribution < 1.29 is 132 Å². The van der Waals surface area contributed by atoms with E-state index in [0.29, 0.717) is 23.7 Å². The van der Waals surface area contributed by atoms with Crippen molar-refractivity contribution in [1.29, 1.82) is 0 Å². The summed E-state index contributed by atoms with van der Waals surface area (Å²) in [6.07, 6.45) is 0.790. The quantitative estimate of drug-likeness (QED) is 0.107. The summed E-state index contributed by atoms with van der Waals surface area (Å²) in [6.45, 7) is 6.53. The first-order valence-corrected chi connectivity index (χ1v) is 13.3. The molecule has 10 nitrogen and oxygen atoms in total. The van der Waals surface area contributed by atoms with Crippen molar-refractivity contribution in [2.45, 2.75) is 43.9 Å². The average Bonchev–Trinajstić information content (AvgIpc) is 2.83. The van der Waals surface area contributed by atoms with Crippen LogP contribution in [0.1, 0.15) is 39.2 Å². The molecule has 0 saturated carbocycles. The van der Waals surface area contributed by atoms with Crippen LogP contribution >= 0.6 is 0 Å². The zero-order valence-electron chi connectivity index (χ0n) is 20.5. The molecule has 0 fully saturated rings. The van der Waals surface area contributed by atoms with Gasteiger partial charge in [-0.2, -0.15) is 0 Å². The molecule has 1 heterocycles. The van der Waals surface area contributed by atoms with Gasteiger partial charge in [0, 0.05) is 24.7 Å². The molecule has 0 saturated heterocycles. The molecule has 1 aliphatic heterocycles. The van der Waals surface area contributed by atoms with E-state index in [0.717, 1.165) is 17.0 Å². The summed E-state index contributed by atoms with van der Waals surface area (Å²) < 4.78 is 94.2. The number of rotatable bonds is 6. The van der Waals surface area contributed by atoms with Crippen LogP contribution < -0.4 is 88.7 Å². The third-order valence-corrected chi connectivity index (χ3v) is 7.02. The van der Waals surface area contributed by atoms with E-state index < -0.39 is 42.0 Å². The number of unbranched alkanes of at least 4 members (excludes halogenated alkanes) is 1. The molecule has 3 rings (SSSR count). The van der Waals surface area contributed by atoms with E-state index in [-0.39, 0.29) is 100.0 Å². The predicted octanol–water partition coefficient (Wildman–Crippen LogP) is -7.73. The number of fused-ring (bicyclic) bond motifs is 3. The maximum Gasteiger partial charge on any atom is 1.00 e. The Morgan fingerprint density at radius 2 is 1.54 bits per heavy atom. The van der Waals surface area contributed by atoms with Crippen molar-refractivity contribution in [1.82, 2.24) is 0 Å². The second-order valence-corrected chi connectivity index (χ2v) is 11.1. The molecule has 0 aromatic heterocycles. The molecule has 176 valence electrons. The van der Waals surface area contributed by atoms with Gasteiger partial charge in [0.15, 0.2) is 11.4 Å². The van der Waals surface area contributed by atoms with Gasteiger partial charge >= 0.3 is 99.3 Å². The summed E-state index contributed by atoms with van der Waals surface area (Å²) in [6, 6.07) is 9.21. The normalized spacial score (nSPS) is 14.0. The van der Waals surface area contributed by atoms with E-state index in [1.165, 1.54) is 12.1 Å². The van der Waals surface area contributed by atoms with E-state index in [1.54, 1.807) is 0 Å². The van der Waals surface area contributed by atoms with Gasteiger partial charge in [0.25, 0.3) is 0 Å². The Hall–Kier alpha value is 0.810. The Balaban J connectivity index is 0. The van der Waals surface area contributed by atoms with Gasteiger partial charge in [0.2, 0.25) is 0 Å². The summed E-state index contributed by atoms with van der Waals surface area (Å²) >= 11 is 0. The summed E-state index contributed by atoms with van der Waals surface area (Å²) in [4.78, 5) is -0.319. The fourth-order valence-electron chi connectivity index (χ4n) is 3.78. The van der Waals surface area contributed by atoms with Crippen LogP contribution in [0, 0.1) is 6.07 Å². The monoisotopic (exact) mass is 572 g/mol. The minimum atomic E-state index is -4.60. The first-order valence-electron chi connectivity index (χ1n) is 9.32. The second kappa shape index (κ2) is 14.8. The molecular formula is C19H21NNa3O9S3+. The van der Waals surface area contributed by atoms with Crippen LogP contribution in [0.5, 0.6) is 0 Å². The molecule has 2 aromatic rings. The fraction of sp³-hybridized carbons (Fsp3) is 0.421. The van der Waals surface area contributed by atoms with Crippen molar-refractivity contribution in [3.8, 4) is 0 Å². The van der Waals surface area contributed by atoms with Crippen LogP contribution in [-0.2, 0) is 36.3 Å². The minimum absolute atomic E-state index is 0. The summed E-state index contributed by atoms with van der Waals surface area (Å²) in [7, 11) is -11.9. The Morgan fingerprint density at radius 1 is 1.00 bits per heavy atom. The molecule has 2 aromatic carbocycles. The molecule has 0 N–H and O–H groups in total. The largest absolute Gasteiger partial charge is 1.00 e. The number of nitrogens with zero attached hydrogens (tertiary/aromatic N) is 1. The summed E-state index contributed by atoms with van der Waals surface area (Å²) in [5, 5.41) is 1.37. The van der Waals surface area contributed by atoms with Gasteiger partial charge in [-0.25, -0.2) is 21.4 Å². The van der Waals surface area contributed by atoms with Gasteiger partial charge in [-0.3, -0.25) is 0 Å². The number of hydrogen-bond donors (Lipinski definition) is 0. The standard InChI is InChI=1S/C19H23NO6S2.3Na.O3S/c1-13-19(2,3)18-16-12-15(28(24,25)26)8-6-14(16)7-9-17(18)20(13)10-4-5-11-27(21,22)23;;;;1-4(2)3/h7-9,12H,4-5,10-11H2,1-3H3,(H,21,22,23)(H,24,25,26);;;;/q;3*+1;/p-2.